The van der Waals surface area contributed by atoms with Gasteiger partial charge in [0, 0.05) is 18.0 Å². The van der Waals surface area contributed by atoms with E-state index in [4.69, 9.17) is 4.74 Å². The molecule has 0 bridgehead atoms. The fourth-order valence-corrected chi connectivity index (χ4v) is 3.91. The minimum absolute atomic E-state index is 0.287. The molecule has 24 heavy (non-hydrogen) atoms. The van der Waals surface area contributed by atoms with Crippen molar-refractivity contribution in [3.63, 3.8) is 0 Å². The van der Waals surface area contributed by atoms with Gasteiger partial charge in [-0.05, 0) is 32.0 Å². The summed E-state index contributed by atoms with van der Waals surface area (Å²) < 4.78 is 5.59. The molecule has 1 aliphatic rings. The van der Waals surface area contributed by atoms with E-state index in [0.717, 1.165) is 35.5 Å². The van der Waals surface area contributed by atoms with E-state index >= 15 is 0 Å². The number of nitrogens with zero attached hydrogens (tertiary/aromatic N) is 3. The molecule has 2 aromatic rings. The Balaban J connectivity index is 1.77. The van der Waals surface area contributed by atoms with E-state index in [2.05, 4.69) is 46.4 Å². The molecule has 1 aromatic carbocycles. The first-order valence-corrected chi connectivity index (χ1v) is 9.45. The smallest absolute Gasteiger partial charge is 0.205 e. The Morgan fingerprint density at radius 1 is 1.21 bits per heavy atom. The molecular weight excluding hydrogens is 320 g/mol. The average molecular weight is 347 g/mol. The molecule has 1 N–H and O–H groups in total. The summed E-state index contributed by atoms with van der Waals surface area (Å²) in [5.41, 5.74) is 1.24. The van der Waals surface area contributed by atoms with Crippen LogP contribution in [0.1, 0.15) is 49.2 Å². The number of rotatable bonds is 7. The lowest BCUT2D eigenvalue weighted by atomic mass is 10.0. The monoisotopic (exact) mass is 346 g/mol. The van der Waals surface area contributed by atoms with Crippen molar-refractivity contribution in [3.8, 4) is 5.75 Å². The third-order valence-electron chi connectivity index (χ3n) is 4.46. The zero-order valence-electron chi connectivity index (χ0n) is 14.7. The van der Waals surface area contributed by atoms with Gasteiger partial charge in [0.2, 0.25) is 5.13 Å². The minimum atomic E-state index is 0.287. The highest BCUT2D eigenvalue weighted by atomic mass is 32.1. The van der Waals surface area contributed by atoms with Gasteiger partial charge in [0.05, 0.1) is 13.2 Å². The number of likely N-dealkylation sites (tertiary alicyclic amines) is 1. The zero-order chi connectivity index (χ0) is 16.9. The number of hydrogen-bond donors (Lipinski definition) is 1. The van der Waals surface area contributed by atoms with Crippen LogP contribution >= 0.6 is 11.3 Å². The molecule has 1 aliphatic heterocycles. The molecule has 1 aromatic heterocycles. The van der Waals surface area contributed by atoms with Gasteiger partial charge in [0.1, 0.15) is 10.8 Å². The van der Waals surface area contributed by atoms with Crippen LogP contribution in [0.3, 0.4) is 0 Å². The van der Waals surface area contributed by atoms with Gasteiger partial charge in [-0.1, -0.05) is 43.4 Å². The average Bonchev–Trinajstić information content (AvgIpc) is 3.27. The summed E-state index contributed by atoms with van der Waals surface area (Å²) in [5, 5.41) is 14.0. The van der Waals surface area contributed by atoms with Gasteiger partial charge < -0.3 is 10.1 Å². The SMILES string of the molecule is COc1ccccc1C(CNc1nnc(C(C)C)s1)N1CCCC1. The van der Waals surface area contributed by atoms with Gasteiger partial charge in [-0.15, -0.1) is 10.2 Å². The first kappa shape index (κ1) is 17.2. The lowest BCUT2D eigenvalue weighted by molar-refractivity contribution is 0.249. The molecule has 1 saturated heterocycles. The van der Waals surface area contributed by atoms with Crippen LogP contribution in [0.4, 0.5) is 5.13 Å². The summed E-state index contributed by atoms with van der Waals surface area (Å²) in [5.74, 6) is 1.37. The summed E-state index contributed by atoms with van der Waals surface area (Å²) in [7, 11) is 1.74. The Morgan fingerprint density at radius 2 is 1.96 bits per heavy atom. The summed E-state index contributed by atoms with van der Waals surface area (Å²) in [6.07, 6.45) is 2.53. The molecule has 5 nitrogen and oxygen atoms in total. The number of anilines is 1. The Bertz CT molecular complexity index is 652. The lowest BCUT2D eigenvalue weighted by Gasteiger charge is -2.29. The molecule has 3 rings (SSSR count). The maximum Gasteiger partial charge on any atom is 0.205 e. The Labute approximate surface area is 148 Å². The molecule has 0 radical (unpaired) electrons. The second-order valence-corrected chi connectivity index (χ2v) is 7.49. The van der Waals surface area contributed by atoms with Crippen molar-refractivity contribution in [2.45, 2.75) is 38.6 Å². The molecule has 130 valence electrons. The van der Waals surface area contributed by atoms with Crippen molar-refractivity contribution < 1.29 is 4.74 Å². The quantitative estimate of drug-likeness (QED) is 0.823. The second-order valence-electron chi connectivity index (χ2n) is 6.48. The molecule has 0 aliphatic carbocycles. The third-order valence-corrected chi connectivity index (χ3v) is 5.64. The van der Waals surface area contributed by atoms with Gasteiger partial charge in [0.15, 0.2) is 0 Å². The zero-order valence-corrected chi connectivity index (χ0v) is 15.5. The highest BCUT2D eigenvalue weighted by Crippen LogP contribution is 2.32. The fourth-order valence-electron chi connectivity index (χ4n) is 3.15. The molecule has 1 unspecified atom stereocenters. The number of para-hydroxylation sites is 1. The predicted molar refractivity (Wildman–Crippen MR) is 99.0 cm³/mol. The summed E-state index contributed by atoms with van der Waals surface area (Å²) in [4.78, 5) is 2.54. The maximum atomic E-state index is 5.59. The summed E-state index contributed by atoms with van der Waals surface area (Å²) in [6.45, 7) is 7.38. The van der Waals surface area contributed by atoms with Gasteiger partial charge in [-0.2, -0.15) is 0 Å². The van der Waals surface area contributed by atoms with Crippen LogP contribution in [0.15, 0.2) is 24.3 Å². The van der Waals surface area contributed by atoms with E-state index < -0.39 is 0 Å². The Kier molecular flexibility index (Phi) is 5.68. The maximum absolute atomic E-state index is 5.59. The molecular formula is C18H26N4OS. The molecule has 1 atom stereocenters. The first-order valence-electron chi connectivity index (χ1n) is 8.63. The minimum Gasteiger partial charge on any atom is -0.496 e. The van der Waals surface area contributed by atoms with E-state index in [1.807, 2.05) is 12.1 Å². The first-order chi connectivity index (χ1) is 11.7. The third kappa shape index (κ3) is 3.87. The highest BCUT2D eigenvalue weighted by molar-refractivity contribution is 7.15. The standard InChI is InChI=1S/C18H26N4OS/c1-13(2)17-20-21-18(24-17)19-12-15(22-10-6-7-11-22)14-8-4-5-9-16(14)23-3/h4-5,8-9,13,15H,6-7,10-12H2,1-3H3,(H,19,21). The van der Waals surface area contributed by atoms with Gasteiger partial charge in [-0.25, -0.2) is 0 Å². The van der Waals surface area contributed by atoms with Gasteiger partial charge >= 0.3 is 0 Å². The van der Waals surface area contributed by atoms with Crippen molar-refractivity contribution in [3.05, 3.63) is 34.8 Å². The summed E-state index contributed by atoms with van der Waals surface area (Å²) >= 11 is 1.65. The number of ether oxygens (including phenoxy) is 1. The molecule has 0 amide bonds. The lowest BCUT2D eigenvalue weighted by Crippen LogP contribution is -2.31. The van der Waals surface area contributed by atoms with Crippen LogP contribution in [-0.4, -0.2) is 41.8 Å². The number of benzene rings is 1. The van der Waals surface area contributed by atoms with Crippen molar-refractivity contribution >= 4 is 16.5 Å². The highest BCUT2D eigenvalue weighted by Gasteiger charge is 2.26. The van der Waals surface area contributed by atoms with Crippen LogP contribution in [0.25, 0.3) is 0 Å². The molecule has 6 heteroatoms. The van der Waals surface area contributed by atoms with Crippen molar-refractivity contribution in [2.24, 2.45) is 0 Å². The molecule has 1 fully saturated rings. The largest absolute Gasteiger partial charge is 0.496 e. The Morgan fingerprint density at radius 3 is 2.62 bits per heavy atom. The fraction of sp³-hybridized carbons (Fsp3) is 0.556. The van der Waals surface area contributed by atoms with E-state index in [0.29, 0.717) is 5.92 Å². The van der Waals surface area contributed by atoms with E-state index in [1.54, 1.807) is 18.4 Å². The van der Waals surface area contributed by atoms with Crippen LogP contribution in [0, 0.1) is 0 Å². The normalized spacial score (nSPS) is 16.5. The van der Waals surface area contributed by atoms with Crippen LogP contribution in [0.2, 0.25) is 0 Å². The number of nitrogens with one attached hydrogen (secondary N) is 1. The summed E-state index contributed by atoms with van der Waals surface area (Å²) in [6, 6.07) is 8.61. The number of hydrogen-bond acceptors (Lipinski definition) is 6. The molecule has 0 spiro atoms. The predicted octanol–water partition coefficient (Wildman–Crippen LogP) is 3.92. The molecule has 0 saturated carbocycles. The Hall–Kier alpha value is -1.66. The van der Waals surface area contributed by atoms with Crippen molar-refractivity contribution in [1.82, 2.24) is 15.1 Å². The van der Waals surface area contributed by atoms with Crippen molar-refractivity contribution in [2.75, 3.05) is 32.1 Å². The van der Waals surface area contributed by atoms with Gasteiger partial charge in [0.25, 0.3) is 0 Å². The number of methoxy groups -OCH3 is 1. The van der Waals surface area contributed by atoms with Crippen LogP contribution in [0.5, 0.6) is 5.75 Å². The van der Waals surface area contributed by atoms with E-state index in [1.165, 1.54) is 18.4 Å². The van der Waals surface area contributed by atoms with Crippen LogP contribution < -0.4 is 10.1 Å². The molecule has 2 heterocycles. The second kappa shape index (κ2) is 7.94. The van der Waals surface area contributed by atoms with Crippen LogP contribution in [-0.2, 0) is 0 Å². The topological polar surface area (TPSA) is 50.3 Å². The van der Waals surface area contributed by atoms with E-state index in [-0.39, 0.29) is 6.04 Å². The number of aromatic nitrogens is 2. The van der Waals surface area contributed by atoms with Crippen molar-refractivity contribution in [1.29, 1.82) is 0 Å². The van der Waals surface area contributed by atoms with E-state index in [9.17, 15) is 0 Å². The van der Waals surface area contributed by atoms with Gasteiger partial charge in [-0.3, -0.25) is 4.90 Å².